The van der Waals surface area contributed by atoms with Crippen molar-refractivity contribution in [2.45, 2.75) is 36.1 Å². The maximum Gasteiger partial charge on any atom is 0.315 e. The Hall–Kier alpha value is -0.000000000000000167. The molecule has 0 amide bonds. The van der Waals surface area contributed by atoms with E-state index in [9.17, 15) is 4.79 Å². The molecule has 1 rings (SSSR count). The highest BCUT2D eigenvalue weighted by Crippen LogP contribution is 2.28. The normalized spacial score (nSPS) is 13.8. The number of ether oxygens (including phenoxy) is 2. The first kappa shape index (κ1) is 20.0. The predicted octanol–water partition coefficient (Wildman–Crippen LogP) is 5.26. The summed E-state index contributed by atoms with van der Waals surface area (Å²) in [6.45, 7) is 5.62. The SMILES string of the molecule is CC(C)(C)OC[C@@H](C(=O)OCC(Cl)(Cl)Cl)c1ccc(Br)cc1. The highest BCUT2D eigenvalue weighted by Gasteiger charge is 2.28. The van der Waals surface area contributed by atoms with Crippen molar-refractivity contribution in [2.24, 2.45) is 0 Å². The van der Waals surface area contributed by atoms with Crippen molar-refractivity contribution in [1.29, 1.82) is 0 Å². The molecule has 3 nitrogen and oxygen atoms in total. The Morgan fingerprint density at radius 3 is 2.18 bits per heavy atom. The van der Waals surface area contributed by atoms with E-state index in [1.54, 1.807) is 0 Å². The molecule has 0 saturated heterocycles. The van der Waals surface area contributed by atoms with Crippen molar-refractivity contribution in [1.82, 2.24) is 0 Å². The first-order valence-electron chi connectivity index (χ1n) is 6.61. The molecule has 124 valence electrons. The molecule has 0 spiro atoms. The molecule has 0 bridgehead atoms. The Bertz CT molecular complexity index is 492. The van der Waals surface area contributed by atoms with Gasteiger partial charge in [-0.15, -0.1) is 0 Å². The summed E-state index contributed by atoms with van der Waals surface area (Å²) in [6.07, 6.45) is 0. The second-order valence-electron chi connectivity index (χ2n) is 5.75. The van der Waals surface area contributed by atoms with E-state index < -0.39 is 15.7 Å². The van der Waals surface area contributed by atoms with Gasteiger partial charge < -0.3 is 9.47 Å². The molecular weight excluding hydrogens is 414 g/mol. The minimum atomic E-state index is -1.63. The van der Waals surface area contributed by atoms with E-state index in [1.807, 2.05) is 45.0 Å². The molecule has 0 heterocycles. The van der Waals surface area contributed by atoms with E-state index in [4.69, 9.17) is 44.3 Å². The molecule has 0 unspecified atom stereocenters. The van der Waals surface area contributed by atoms with E-state index in [0.29, 0.717) is 0 Å². The van der Waals surface area contributed by atoms with Gasteiger partial charge in [0.05, 0.1) is 12.2 Å². The van der Waals surface area contributed by atoms with Gasteiger partial charge in [-0.2, -0.15) is 0 Å². The lowest BCUT2D eigenvalue weighted by molar-refractivity contribution is -0.148. The maximum atomic E-state index is 12.3. The number of carbonyl (C=O) groups is 1. The van der Waals surface area contributed by atoms with E-state index in [-0.39, 0.29) is 18.8 Å². The fourth-order valence-electron chi connectivity index (χ4n) is 1.58. The summed E-state index contributed by atoms with van der Waals surface area (Å²) < 4.78 is 10.1. The monoisotopic (exact) mass is 430 g/mol. The standard InChI is InChI=1S/C15H18BrCl3O3/c1-14(2,3)22-8-12(10-4-6-11(16)7-5-10)13(20)21-9-15(17,18)19/h4-7,12H,8-9H2,1-3H3/t12-/m1/s1. The van der Waals surface area contributed by atoms with Crippen LogP contribution in [-0.4, -0.2) is 28.6 Å². The van der Waals surface area contributed by atoms with Gasteiger partial charge in [-0.1, -0.05) is 62.9 Å². The summed E-state index contributed by atoms with van der Waals surface area (Å²) in [7, 11) is 0. The third-order valence-electron chi connectivity index (χ3n) is 2.62. The van der Waals surface area contributed by atoms with Crippen LogP contribution in [0.15, 0.2) is 28.7 Å². The van der Waals surface area contributed by atoms with Crippen molar-refractivity contribution >= 4 is 56.7 Å². The van der Waals surface area contributed by atoms with Crippen LogP contribution in [0.4, 0.5) is 0 Å². The van der Waals surface area contributed by atoms with Gasteiger partial charge in [0.1, 0.15) is 12.5 Å². The van der Waals surface area contributed by atoms with Crippen molar-refractivity contribution in [3.63, 3.8) is 0 Å². The number of halogens is 4. The van der Waals surface area contributed by atoms with E-state index in [1.165, 1.54) is 0 Å². The number of esters is 1. The predicted molar refractivity (Wildman–Crippen MR) is 93.8 cm³/mol. The zero-order valence-electron chi connectivity index (χ0n) is 12.5. The van der Waals surface area contributed by atoms with Gasteiger partial charge in [-0.3, -0.25) is 4.79 Å². The van der Waals surface area contributed by atoms with Crippen LogP contribution in [0.25, 0.3) is 0 Å². The molecule has 0 radical (unpaired) electrons. The van der Waals surface area contributed by atoms with Gasteiger partial charge >= 0.3 is 5.97 Å². The molecule has 1 atom stereocenters. The molecule has 0 aromatic heterocycles. The second-order valence-corrected chi connectivity index (χ2v) is 9.18. The van der Waals surface area contributed by atoms with Crippen LogP contribution in [-0.2, 0) is 14.3 Å². The van der Waals surface area contributed by atoms with Crippen molar-refractivity contribution in [2.75, 3.05) is 13.2 Å². The Kier molecular flexibility index (Phi) is 7.47. The fourth-order valence-corrected chi connectivity index (χ4v) is 2.01. The minimum absolute atomic E-state index is 0.184. The van der Waals surface area contributed by atoms with E-state index in [2.05, 4.69) is 15.9 Å². The second kappa shape index (κ2) is 8.20. The summed E-state index contributed by atoms with van der Waals surface area (Å²) in [5, 5.41) is 0. The zero-order chi connectivity index (χ0) is 17.0. The Morgan fingerprint density at radius 1 is 1.18 bits per heavy atom. The van der Waals surface area contributed by atoms with E-state index >= 15 is 0 Å². The number of hydrogen-bond donors (Lipinski definition) is 0. The van der Waals surface area contributed by atoms with Crippen molar-refractivity contribution in [3.8, 4) is 0 Å². The Morgan fingerprint density at radius 2 is 1.73 bits per heavy atom. The third kappa shape index (κ3) is 8.02. The van der Waals surface area contributed by atoms with Crippen LogP contribution in [0, 0.1) is 0 Å². The van der Waals surface area contributed by atoms with E-state index in [0.717, 1.165) is 10.0 Å². The highest BCUT2D eigenvalue weighted by molar-refractivity contribution is 9.10. The summed E-state index contributed by atoms with van der Waals surface area (Å²) in [4.78, 5) is 12.3. The van der Waals surface area contributed by atoms with Gasteiger partial charge in [-0.05, 0) is 38.5 Å². The van der Waals surface area contributed by atoms with Crippen LogP contribution in [0.5, 0.6) is 0 Å². The molecule has 0 saturated carbocycles. The lowest BCUT2D eigenvalue weighted by Crippen LogP contribution is -2.29. The largest absolute Gasteiger partial charge is 0.461 e. The average Bonchev–Trinajstić information content (AvgIpc) is 2.36. The summed E-state index contributed by atoms with van der Waals surface area (Å²) >= 11 is 20.2. The van der Waals surface area contributed by atoms with Crippen LogP contribution in [0.1, 0.15) is 32.3 Å². The van der Waals surface area contributed by atoms with Gasteiger partial charge in [0.15, 0.2) is 0 Å². The molecular formula is C15H18BrCl3O3. The topological polar surface area (TPSA) is 35.5 Å². The number of carbonyl (C=O) groups excluding carboxylic acids is 1. The van der Waals surface area contributed by atoms with Crippen molar-refractivity contribution in [3.05, 3.63) is 34.3 Å². The number of benzene rings is 1. The maximum absolute atomic E-state index is 12.3. The number of hydrogen-bond acceptors (Lipinski definition) is 3. The lowest BCUT2D eigenvalue weighted by Gasteiger charge is -2.24. The molecule has 1 aromatic carbocycles. The molecule has 7 heteroatoms. The average molecular weight is 433 g/mol. The Labute approximate surface area is 154 Å². The summed E-state index contributed by atoms with van der Waals surface area (Å²) in [5.41, 5.74) is 0.407. The molecule has 0 aliphatic carbocycles. The molecule has 22 heavy (non-hydrogen) atoms. The first-order valence-corrected chi connectivity index (χ1v) is 8.53. The van der Waals surface area contributed by atoms with Gasteiger partial charge in [0.25, 0.3) is 0 Å². The van der Waals surface area contributed by atoms with Crippen LogP contribution in [0.3, 0.4) is 0 Å². The quantitative estimate of drug-likeness (QED) is 0.470. The fraction of sp³-hybridized carbons (Fsp3) is 0.533. The lowest BCUT2D eigenvalue weighted by atomic mass is 10.00. The van der Waals surface area contributed by atoms with Gasteiger partial charge in [-0.25, -0.2) is 0 Å². The molecule has 0 aliphatic rings. The molecule has 0 aliphatic heterocycles. The number of rotatable bonds is 5. The highest BCUT2D eigenvalue weighted by atomic mass is 79.9. The van der Waals surface area contributed by atoms with Gasteiger partial charge in [0.2, 0.25) is 3.79 Å². The molecule has 0 N–H and O–H groups in total. The zero-order valence-corrected chi connectivity index (χ0v) is 16.4. The Balaban J connectivity index is 2.86. The molecule has 1 aromatic rings. The molecule has 0 fully saturated rings. The van der Waals surface area contributed by atoms with Crippen LogP contribution >= 0.6 is 50.7 Å². The van der Waals surface area contributed by atoms with Gasteiger partial charge in [0, 0.05) is 4.47 Å². The van der Waals surface area contributed by atoms with Crippen LogP contribution in [0.2, 0.25) is 0 Å². The first-order chi connectivity index (χ1) is 9.98. The third-order valence-corrected chi connectivity index (χ3v) is 3.47. The summed E-state index contributed by atoms with van der Waals surface area (Å²) in [5.74, 6) is -1.07. The van der Waals surface area contributed by atoms with Crippen LogP contribution < -0.4 is 0 Å². The summed E-state index contributed by atoms with van der Waals surface area (Å²) in [6, 6.07) is 7.36. The smallest absolute Gasteiger partial charge is 0.315 e. The van der Waals surface area contributed by atoms with Crippen molar-refractivity contribution < 1.29 is 14.3 Å². The minimum Gasteiger partial charge on any atom is -0.461 e. The number of alkyl halides is 3.